The Morgan fingerprint density at radius 1 is 0.855 bits per heavy atom. The molecular weight excluding hydrogens is 706 g/mol. The highest BCUT2D eigenvalue weighted by Crippen LogP contribution is 2.50. The zero-order chi connectivity index (χ0) is 38.6. The van der Waals surface area contributed by atoms with E-state index in [1.165, 1.54) is 54.5 Å². The summed E-state index contributed by atoms with van der Waals surface area (Å²) in [5.74, 6) is -4.37. The van der Waals surface area contributed by atoms with E-state index in [9.17, 15) is 24.3 Å². The Kier molecular flexibility index (Phi) is 12.1. The van der Waals surface area contributed by atoms with Crippen molar-refractivity contribution < 1.29 is 27.9 Å². The highest BCUT2D eigenvalue weighted by Gasteiger charge is 2.53. The second-order valence-corrected chi connectivity index (χ2v) is 16.6. The molecule has 7 rings (SSSR count). The van der Waals surface area contributed by atoms with Crippen LogP contribution >= 0.6 is 0 Å². The number of benzene rings is 2. The molecule has 4 saturated heterocycles. The van der Waals surface area contributed by atoms with E-state index in [4.69, 9.17) is 0 Å². The minimum Gasteiger partial charge on any atom is -0.465 e. The molecule has 296 valence electrons. The summed E-state index contributed by atoms with van der Waals surface area (Å²) < 4.78 is 45.6. The summed E-state index contributed by atoms with van der Waals surface area (Å²) in [5, 5.41) is 23.1. The minimum absolute atomic E-state index is 0.0121. The van der Waals surface area contributed by atoms with Crippen LogP contribution < -0.4 is 10.2 Å². The predicted molar refractivity (Wildman–Crippen MR) is 205 cm³/mol. The summed E-state index contributed by atoms with van der Waals surface area (Å²) in [6, 6.07) is 15.3. The number of anilines is 1. The number of hydrogen-bond donors (Lipinski definition) is 2. The van der Waals surface area contributed by atoms with Crippen LogP contribution in [0.4, 0.5) is 23.7 Å². The molecular formula is C43H55F3N6O3. The van der Waals surface area contributed by atoms with Gasteiger partial charge in [0.15, 0.2) is 0 Å². The van der Waals surface area contributed by atoms with Crippen molar-refractivity contribution in [1.29, 1.82) is 5.26 Å². The SMILES string of the molecule is N#CC(c1cccc(F)c1)(C1CCN(C[C@@H]2CCN(c3ccc(C(F)(F)C4CN(C(=O)/C=C/CN5CCCCC5)C4)cc3)C2)CC1)[C@H]1CCC[C@@H]1NC(=O)O. The van der Waals surface area contributed by atoms with Gasteiger partial charge in [-0.25, -0.2) is 18.0 Å². The van der Waals surface area contributed by atoms with Crippen molar-refractivity contribution >= 4 is 17.7 Å². The van der Waals surface area contributed by atoms with Gasteiger partial charge in [0.2, 0.25) is 5.91 Å². The van der Waals surface area contributed by atoms with Gasteiger partial charge in [0.1, 0.15) is 5.82 Å². The Morgan fingerprint density at radius 2 is 1.60 bits per heavy atom. The molecule has 9 nitrogen and oxygen atoms in total. The quantitative estimate of drug-likeness (QED) is 0.228. The molecule has 0 aromatic heterocycles. The van der Waals surface area contributed by atoms with Gasteiger partial charge in [-0.05, 0) is 113 Å². The summed E-state index contributed by atoms with van der Waals surface area (Å²) in [6.07, 6.45) is 10.6. The Labute approximate surface area is 323 Å². The van der Waals surface area contributed by atoms with Crippen molar-refractivity contribution in [2.45, 2.75) is 75.2 Å². The topological polar surface area (TPSA) is 103 Å². The highest BCUT2D eigenvalue weighted by atomic mass is 19.3. The van der Waals surface area contributed by atoms with E-state index in [0.29, 0.717) is 24.3 Å². The molecule has 4 heterocycles. The summed E-state index contributed by atoms with van der Waals surface area (Å²) in [6.45, 7) is 7.09. The summed E-state index contributed by atoms with van der Waals surface area (Å²) >= 11 is 0. The fourth-order valence-corrected chi connectivity index (χ4v) is 10.3. The lowest BCUT2D eigenvalue weighted by atomic mass is 9.59. The molecule has 1 unspecified atom stereocenters. The van der Waals surface area contributed by atoms with E-state index in [0.717, 1.165) is 83.7 Å². The molecule has 5 fully saturated rings. The molecule has 2 aromatic rings. The van der Waals surface area contributed by atoms with Gasteiger partial charge in [0.05, 0.1) is 17.4 Å². The second kappa shape index (κ2) is 17.0. The van der Waals surface area contributed by atoms with Crippen LogP contribution in [-0.4, -0.2) is 103 Å². The van der Waals surface area contributed by atoms with Crippen LogP contribution in [0, 0.1) is 40.8 Å². The summed E-state index contributed by atoms with van der Waals surface area (Å²) in [7, 11) is 0. The highest BCUT2D eigenvalue weighted by molar-refractivity contribution is 5.88. The van der Waals surface area contributed by atoms with Crippen LogP contribution in [0.2, 0.25) is 0 Å². The first-order valence-corrected chi connectivity index (χ1v) is 20.4. The predicted octanol–water partition coefficient (Wildman–Crippen LogP) is 6.85. The van der Waals surface area contributed by atoms with Gasteiger partial charge in [0, 0.05) is 68.6 Å². The zero-order valence-electron chi connectivity index (χ0n) is 31.7. The molecule has 0 spiro atoms. The van der Waals surface area contributed by atoms with Crippen LogP contribution in [-0.2, 0) is 16.1 Å². The summed E-state index contributed by atoms with van der Waals surface area (Å²) in [5.41, 5.74) is 0.565. The smallest absolute Gasteiger partial charge is 0.404 e. The van der Waals surface area contributed by atoms with E-state index in [-0.39, 0.29) is 42.4 Å². The van der Waals surface area contributed by atoms with Crippen molar-refractivity contribution in [2.24, 2.45) is 23.7 Å². The van der Waals surface area contributed by atoms with Crippen molar-refractivity contribution in [1.82, 2.24) is 20.0 Å². The molecule has 2 N–H and O–H groups in total. The van der Waals surface area contributed by atoms with Gasteiger partial charge in [-0.1, -0.05) is 43.2 Å². The lowest BCUT2D eigenvalue weighted by Crippen LogP contribution is -2.55. The number of nitriles is 1. The van der Waals surface area contributed by atoms with Crippen molar-refractivity contribution in [3.8, 4) is 6.07 Å². The monoisotopic (exact) mass is 760 g/mol. The molecule has 5 aliphatic rings. The number of likely N-dealkylation sites (tertiary alicyclic amines) is 3. The molecule has 4 atom stereocenters. The largest absolute Gasteiger partial charge is 0.465 e. The van der Waals surface area contributed by atoms with E-state index in [1.54, 1.807) is 18.2 Å². The number of amides is 2. The van der Waals surface area contributed by atoms with E-state index in [2.05, 4.69) is 26.1 Å². The normalized spacial score (nSPS) is 25.8. The molecule has 0 bridgehead atoms. The molecule has 0 radical (unpaired) electrons. The molecule has 1 aliphatic carbocycles. The third-order valence-corrected chi connectivity index (χ3v) is 13.3. The Bertz CT molecular complexity index is 1710. The maximum atomic E-state index is 15.5. The number of halogens is 3. The fourth-order valence-electron chi connectivity index (χ4n) is 10.3. The first kappa shape index (κ1) is 39.2. The number of carbonyl (C=O) groups excluding carboxylic acids is 1. The first-order chi connectivity index (χ1) is 26.6. The van der Waals surface area contributed by atoms with Gasteiger partial charge in [-0.3, -0.25) is 9.69 Å². The van der Waals surface area contributed by atoms with Gasteiger partial charge < -0.3 is 25.1 Å². The number of carbonyl (C=O) groups is 2. The Morgan fingerprint density at radius 3 is 2.29 bits per heavy atom. The van der Waals surface area contributed by atoms with Crippen molar-refractivity contribution in [2.75, 3.05) is 70.3 Å². The number of nitrogens with one attached hydrogen (secondary N) is 1. The van der Waals surface area contributed by atoms with Crippen molar-refractivity contribution in [3.63, 3.8) is 0 Å². The van der Waals surface area contributed by atoms with Crippen LogP contribution in [0.15, 0.2) is 60.7 Å². The molecule has 1 saturated carbocycles. The number of nitrogens with zero attached hydrogens (tertiary/aromatic N) is 5. The average molecular weight is 761 g/mol. The second-order valence-electron chi connectivity index (χ2n) is 16.6. The minimum atomic E-state index is -3.02. The first-order valence-electron chi connectivity index (χ1n) is 20.4. The fraction of sp³-hybridized carbons (Fsp3) is 0.605. The third-order valence-electron chi connectivity index (χ3n) is 13.3. The molecule has 4 aliphatic heterocycles. The standard InChI is InChI=1S/C43H55F3N6O3/c44-36-8-4-7-34(25-36)42(30-47,38-9-5-10-39(38)48-41(54)55)32-17-22-50(23-18-32)26-31-16-24-51(27-31)37-14-12-33(13-15-37)43(45,46)35-28-52(29-35)40(53)11-6-21-49-19-2-1-3-20-49/h4,6-8,11-15,25,31-32,35,38-39,48H,1-3,5,9-10,16-24,26-29H2,(H,54,55)/b11-6+/t31-,38-,39-,42?/m0/s1. The third kappa shape index (κ3) is 8.53. The molecule has 55 heavy (non-hydrogen) atoms. The Balaban J connectivity index is 0.902. The Hall–Kier alpha value is -4.08. The number of carboxylic acid groups (broad SMARTS) is 1. The number of alkyl halides is 2. The van der Waals surface area contributed by atoms with E-state index >= 15 is 8.78 Å². The summed E-state index contributed by atoms with van der Waals surface area (Å²) in [4.78, 5) is 32.8. The average Bonchev–Trinajstić information content (AvgIpc) is 3.82. The van der Waals surface area contributed by atoms with Crippen LogP contribution in [0.25, 0.3) is 0 Å². The van der Waals surface area contributed by atoms with Gasteiger partial charge in [-0.2, -0.15) is 5.26 Å². The van der Waals surface area contributed by atoms with E-state index in [1.807, 2.05) is 12.1 Å². The molecule has 2 amide bonds. The van der Waals surface area contributed by atoms with Crippen molar-refractivity contribution in [3.05, 3.63) is 77.6 Å². The molecule has 12 heteroatoms. The lowest BCUT2D eigenvalue weighted by Gasteiger charge is -2.46. The van der Waals surface area contributed by atoms with Gasteiger partial charge >= 0.3 is 6.09 Å². The van der Waals surface area contributed by atoms with Gasteiger partial charge in [-0.15, -0.1) is 0 Å². The lowest BCUT2D eigenvalue weighted by molar-refractivity contribution is -0.151. The van der Waals surface area contributed by atoms with E-state index < -0.39 is 29.2 Å². The zero-order valence-corrected chi connectivity index (χ0v) is 31.7. The van der Waals surface area contributed by atoms with Crippen LogP contribution in [0.1, 0.15) is 68.9 Å². The number of rotatable bonds is 12. The van der Waals surface area contributed by atoms with Gasteiger partial charge in [0.25, 0.3) is 5.92 Å². The maximum absolute atomic E-state index is 15.5. The number of hydrogen-bond acceptors (Lipinski definition) is 6. The number of piperidine rings is 2. The van der Waals surface area contributed by atoms with Crippen LogP contribution in [0.3, 0.4) is 0 Å². The molecule has 2 aromatic carbocycles. The van der Waals surface area contributed by atoms with Crippen LogP contribution in [0.5, 0.6) is 0 Å². The maximum Gasteiger partial charge on any atom is 0.404 e.